The van der Waals surface area contributed by atoms with Crippen molar-refractivity contribution in [1.82, 2.24) is 14.6 Å². The van der Waals surface area contributed by atoms with E-state index in [2.05, 4.69) is 10.1 Å². The number of hydrogen-bond acceptors (Lipinski definition) is 8. The van der Waals surface area contributed by atoms with Crippen molar-refractivity contribution in [1.29, 1.82) is 0 Å². The van der Waals surface area contributed by atoms with Gasteiger partial charge in [0.1, 0.15) is 29.7 Å². The second-order valence-electron chi connectivity index (χ2n) is 9.57. The number of nitrogens with two attached hydrogens (primary N) is 1. The Morgan fingerprint density at radius 2 is 1.34 bits per heavy atom. The van der Waals surface area contributed by atoms with Gasteiger partial charge < -0.3 is 25.1 Å². The van der Waals surface area contributed by atoms with Crippen LogP contribution in [0.15, 0.2) is 109 Å². The number of ether oxygens (including phenoxy) is 3. The van der Waals surface area contributed by atoms with E-state index in [1.807, 2.05) is 91.0 Å². The summed E-state index contributed by atoms with van der Waals surface area (Å²) in [5.74, 6) is -0.175. The highest BCUT2D eigenvalue weighted by atomic mass is 16.6. The number of aliphatic hydroxyl groups is 1. The maximum Gasteiger partial charge on any atom is 0.212 e. The molecule has 5 aromatic rings. The predicted molar refractivity (Wildman–Crippen MR) is 154 cm³/mol. The average molecular weight is 553 g/mol. The molecule has 9 nitrogen and oxygen atoms in total. The number of hydrogen-bond donors (Lipinski definition) is 2. The molecule has 210 valence electrons. The molecule has 9 heteroatoms. The average Bonchev–Trinajstić information content (AvgIpc) is 3.45. The van der Waals surface area contributed by atoms with Crippen LogP contribution in [0.25, 0.3) is 5.52 Å². The fraction of sp³-hybridized carbons (Fsp3) is 0.219. The zero-order valence-electron chi connectivity index (χ0n) is 22.5. The molecule has 2 aromatic heterocycles. The molecule has 0 aliphatic carbocycles. The van der Waals surface area contributed by atoms with E-state index in [9.17, 15) is 9.90 Å². The molecule has 3 atom stereocenters. The van der Waals surface area contributed by atoms with Gasteiger partial charge in [0.25, 0.3) is 0 Å². The van der Waals surface area contributed by atoms with E-state index in [1.165, 1.54) is 10.8 Å². The van der Waals surface area contributed by atoms with Crippen molar-refractivity contribution in [2.75, 3.05) is 12.3 Å². The molecule has 41 heavy (non-hydrogen) atoms. The topological polar surface area (TPSA) is 121 Å². The summed E-state index contributed by atoms with van der Waals surface area (Å²) in [6, 6.07) is 32.0. The van der Waals surface area contributed by atoms with Crippen molar-refractivity contribution in [3.05, 3.63) is 132 Å². The number of Topliss-reactive ketones (excluding diaryl/α,β-unsaturated/α-hetero) is 1. The van der Waals surface area contributed by atoms with E-state index >= 15 is 0 Å². The SMILES string of the molecule is Nc1ncnn2c(C(=O)[C@H](OCc3ccccc3)[C@H](OCc3ccccc3)[C@H](O)COCc3ccccc3)ccc12. The van der Waals surface area contributed by atoms with E-state index in [4.69, 9.17) is 19.9 Å². The summed E-state index contributed by atoms with van der Waals surface area (Å²) in [7, 11) is 0. The summed E-state index contributed by atoms with van der Waals surface area (Å²) in [6.45, 7) is 0.507. The lowest BCUT2D eigenvalue weighted by atomic mass is 10.0. The quantitative estimate of drug-likeness (QED) is 0.196. The summed E-state index contributed by atoms with van der Waals surface area (Å²) in [5.41, 5.74) is 9.45. The van der Waals surface area contributed by atoms with Crippen molar-refractivity contribution < 1.29 is 24.1 Å². The molecular formula is C32H32N4O5. The van der Waals surface area contributed by atoms with E-state index in [1.54, 1.807) is 12.1 Å². The first-order valence-corrected chi connectivity index (χ1v) is 13.3. The lowest BCUT2D eigenvalue weighted by Gasteiger charge is -2.30. The summed E-state index contributed by atoms with van der Waals surface area (Å²) in [6.07, 6.45) is -2.15. The van der Waals surface area contributed by atoms with Crippen molar-refractivity contribution in [2.45, 2.75) is 38.1 Å². The molecule has 0 aliphatic rings. The zero-order valence-corrected chi connectivity index (χ0v) is 22.5. The third-order valence-electron chi connectivity index (χ3n) is 6.63. The van der Waals surface area contributed by atoms with Crippen LogP contribution in [0.2, 0.25) is 0 Å². The summed E-state index contributed by atoms with van der Waals surface area (Å²) in [5, 5.41) is 15.6. The molecule has 3 aromatic carbocycles. The summed E-state index contributed by atoms with van der Waals surface area (Å²) in [4.78, 5) is 18.1. The Morgan fingerprint density at radius 3 is 1.95 bits per heavy atom. The minimum atomic E-state index is -1.19. The Labute approximate surface area is 238 Å². The van der Waals surface area contributed by atoms with Gasteiger partial charge in [0.05, 0.1) is 26.4 Å². The molecule has 5 rings (SSSR count). The maximum absolute atomic E-state index is 14.1. The first kappa shape index (κ1) is 28.1. The van der Waals surface area contributed by atoms with Crippen LogP contribution in [-0.4, -0.2) is 50.4 Å². The lowest BCUT2D eigenvalue weighted by Crippen LogP contribution is -2.48. The smallest absolute Gasteiger partial charge is 0.212 e. The number of carbonyl (C=O) groups excluding carboxylic acids is 1. The fourth-order valence-electron chi connectivity index (χ4n) is 4.50. The van der Waals surface area contributed by atoms with E-state index < -0.39 is 24.1 Å². The summed E-state index contributed by atoms with van der Waals surface area (Å²) < 4.78 is 19.8. The molecule has 0 amide bonds. The minimum Gasteiger partial charge on any atom is -0.388 e. The highest BCUT2D eigenvalue weighted by molar-refractivity contribution is 6.00. The first-order valence-electron chi connectivity index (χ1n) is 13.3. The van der Waals surface area contributed by atoms with E-state index in [0.717, 1.165) is 16.7 Å². The normalized spacial score (nSPS) is 13.6. The van der Waals surface area contributed by atoms with E-state index in [0.29, 0.717) is 12.1 Å². The van der Waals surface area contributed by atoms with Crippen LogP contribution in [0.4, 0.5) is 5.82 Å². The number of anilines is 1. The predicted octanol–water partition coefficient (Wildman–Crippen LogP) is 4.24. The number of ketones is 1. The van der Waals surface area contributed by atoms with Crippen LogP contribution in [0.5, 0.6) is 0 Å². The van der Waals surface area contributed by atoms with Crippen LogP contribution < -0.4 is 5.73 Å². The number of aliphatic hydroxyl groups excluding tert-OH is 1. The Bertz CT molecular complexity index is 1530. The molecule has 3 N–H and O–H groups in total. The second kappa shape index (κ2) is 13.8. The molecule has 0 radical (unpaired) electrons. The standard InChI is InChI=1S/C32H32N4O5/c33-32-27-17-16-26(36(27)35-22-34-32)29(38)31(41-20-25-14-8-3-9-15-25)30(40-19-24-12-6-2-7-13-24)28(37)21-39-18-23-10-4-1-5-11-23/h1-17,22,28,30-31,37H,18-21H2,(H2,33,34,35)/t28-,30-,31+/m1/s1. The third kappa shape index (κ3) is 7.22. The molecule has 2 heterocycles. The number of nitrogen functional groups attached to an aromatic ring is 1. The van der Waals surface area contributed by atoms with Crippen LogP contribution in [0.1, 0.15) is 27.2 Å². The van der Waals surface area contributed by atoms with Gasteiger partial charge in [0, 0.05) is 0 Å². The molecule has 0 aliphatic heterocycles. The van der Waals surface area contributed by atoms with E-state index in [-0.39, 0.29) is 31.3 Å². The molecule has 0 spiro atoms. The highest BCUT2D eigenvalue weighted by Crippen LogP contribution is 2.22. The Morgan fingerprint density at radius 1 is 0.780 bits per heavy atom. The molecule has 0 saturated carbocycles. The van der Waals surface area contributed by atoms with Crippen molar-refractivity contribution in [2.24, 2.45) is 0 Å². The number of fused-ring (bicyclic) bond motifs is 1. The van der Waals surface area contributed by atoms with Crippen molar-refractivity contribution in [3.8, 4) is 0 Å². The van der Waals surface area contributed by atoms with Crippen LogP contribution in [0.3, 0.4) is 0 Å². The van der Waals surface area contributed by atoms with Crippen molar-refractivity contribution in [3.63, 3.8) is 0 Å². The van der Waals surface area contributed by atoms with Crippen LogP contribution in [0, 0.1) is 0 Å². The number of rotatable bonds is 14. The molecule has 0 unspecified atom stereocenters. The molecule has 0 saturated heterocycles. The van der Waals surface area contributed by atoms with Gasteiger partial charge >= 0.3 is 0 Å². The molecular weight excluding hydrogens is 520 g/mol. The number of aromatic nitrogens is 3. The van der Waals surface area contributed by atoms with Crippen LogP contribution >= 0.6 is 0 Å². The Hall–Kier alpha value is -4.41. The molecule has 0 fully saturated rings. The third-order valence-corrected chi connectivity index (χ3v) is 6.63. The molecule has 0 bridgehead atoms. The minimum absolute atomic E-state index is 0.0726. The van der Waals surface area contributed by atoms with Crippen LogP contribution in [-0.2, 0) is 34.0 Å². The highest BCUT2D eigenvalue weighted by Gasteiger charge is 2.37. The fourth-order valence-corrected chi connectivity index (χ4v) is 4.50. The van der Waals surface area contributed by atoms with Gasteiger partial charge in [-0.05, 0) is 28.8 Å². The largest absolute Gasteiger partial charge is 0.388 e. The Balaban J connectivity index is 1.43. The summed E-state index contributed by atoms with van der Waals surface area (Å²) >= 11 is 0. The van der Waals surface area contributed by atoms with Gasteiger partial charge in [-0.15, -0.1) is 0 Å². The first-order chi connectivity index (χ1) is 20.1. The lowest BCUT2D eigenvalue weighted by molar-refractivity contribution is -0.134. The number of nitrogens with zero attached hydrogens (tertiary/aromatic N) is 3. The number of carbonyl (C=O) groups is 1. The zero-order chi connectivity index (χ0) is 28.4. The van der Waals surface area contributed by atoms with Gasteiger partial charge in [0.15, 0.2) is 11.9 Å². The van der Waals surface area contributed by atoms with Gasteiger partial charge in [-0.2, -0.15) is 5.10 Å². The monoisotopic (exact) mass is 552 g/mol. The Kier molecular flexibility index (Phi) is 9.45. The van der Waals surface area contributed by atoms with Gasteiger partial charge in [-0.3, -0.25) is 4.79 Å². The number of benzene rings is 3. The maximum atomic E-state index is 14.1. The van der Waals surface area contributed by atoms with Gasteiger partial charge in [-0.1, -0.05) is 91.0 Å². The second-order valence-corrected chi connectivity index (χ2v) is 9.57. The van der Waals surface area contributed by atoms with Gasteiger partial charge in [0.2, 0.25) is 5.78 Å². The van der Waals surface area contributed by atoms with Crippen molar-refractivity contribution >= 4 is 17.1 Å². The van der Waals surface area contributed by atoms with Gasteiger partial charge in [-0.25, -0.2) is 9.50 Å².